The Morgan fingerprint density at radius 1 is 1.13 bits per heavy atom. The standard InChI is InChI=1S/C18H14BrClFNO/c1-11-8-12(2-5-15(11)19)18-7-4-14(23-18)10-22-13-3-6-17(21)16(20)9-13/h2-9,22H,10H2,1H3. The first kappa shape index (κ1) is 16.1. The van der Waals surface area contributed by atoms with Crippen molar-refractivity contribution in [3.8, 4) is 11.3 Å². The van der Waals surface area contributed by atoms with E-state index in [0.717, 1.165) is 32.8 Å². The molecule has 3 rings (SSSR count). The highest BCUT2D eigenvalue weighted by Gasteiger charge is 2.07. The van der Waals surface area contributed by atoms with Crippen molar-refractivity contribution < 1.29 is 8.81 Å². The van der Waals surface area contributed by atoms with E-state index in [-0.39, 0.29) is 5.02 Å². The molecule has 0 aliphatic rings. The molecule has 2 aromatic carbocycles. The van der Waals surface area contributed by atoms with Crippen LogP contribution in [0, 0.1) is 12.7 Å². The highest BCUT2D eigenvalue weighted by Crippen LogP contribution is 2.27. The first-order chi connectivity index (χ1) is 11.0. The van der Waals surface area contributed by atoms with Crippen molar-refractivity contribution in [2.75, 3.05) is 5.32 Å². The lowest BCUT2D eigenvalue weighted by Gasteiger charge is -2.05. The molecule has 0 radical (unpaired) electrons. The summed E-state index contributed by atoms with van der Waals surface area (Å²) in [4.78, 5) is 0. The van der Waals surface area contributed by atoms with Gasteiger partial charge in [0, 0.05) is 15.7 Å². The number of hydrogen-bond acceptors (Lipinski definition) is 2. The zero-order chi connectivity index (χ0) is 16.4. The molecule has 0 unspecified atom stereocenters. The van der Waals surface area contributed by atoms with E-state index in [0.29, 0.717) is 6.54 Å². The van der Waals surface area contributed by atoms with Gasteiger partial charge in [-0.25, -0.2) is 4.39 Å². The van der Waals surface area contributed by atoms with Gasteiger partial charge in [0.2, 0.25) is 0 Å². The molecule has 1 aromatic heterocycles. The summed E-state index contributed by atoms with van der Waals surface area (Å²) in [6.07, 6.45) is 0. The molecular formula is C18H14BrClFNO. The van der Waals surface area contributed by atoms with Gasteiger partial charge in [-0.05, 0) is 55.0 Å². The number of halogens is 3. The molecule has 2 nitrogen and oxygen atoms in total. The third-order valence-electron chi connectivity index (χ3n) is 3.49. The summed E-state index contributed by atoms with van der Waals surface area (Å²) in [5.41, 5.74) is 2.93. The molecule has 1 heterocycles. The van der Waals surface area contributed by atoms with E-state index in [4.69, 9.17) is 16.0 Å². The Hall–Kier alpha value is -1.78. The number of rotatable bonds is 4. The van der Waals surface area contributed by atoms with Gasteiger partial charge in [-0.1, -0.05) is 33.6 Å². The predicted molar refractivity (Wildman–Crippen MR) is 95.3 cm³/mol. The number of hydrogen-bond donors (Lipinski definition) is 1. The van der Waals surface area contributed by atoms with Crippen LogP contribution in [0.25, 0.3) is 11.3 Å². The summed E-state index contributed by atoms with van der Waals surface area (Å²) >= 11 is 9.26. The lowest BCUT2D eigenvalue weighted by molar-refractivity contribution is 0.531. The van der Waals surface area contributed by atoms with Crippen LogP contribution in [0.1, 0.15) is 11.3 Å². The zero-order valence-corrected chi connectivity index (χ0v) is 14.7. The average molecular weight is 395 g/mol. The van der Waals surface area contributed by atoms with Crippen LogP contribution in [-0.2, 0) is 6.54 Å². The SMILES string of the molecule is Cc1cc(-c2ccc(CNc3ccc(F)c(Cl)c3)o2)ccc1Br. The second-order valence-electron chi connectivity index (χ2n) is 5.21. The van der Waals surface area contributed by atoms with E-state index in [9.17, 15) is 4.39 Å². The number of furan rings is 1. The molecule has 3 aromatic rings. The summed E-state index contributed by atoms with van der Waals surface area (Å²) in [6.45, 7) is 2.54. The maximum Gasteiger partial charge on any atom is 0.141 e. The number of benzene rings is 2. The summed E-state index contributed by atoms with van der Waals surface area (Å²) in [6, 6.07) is 14.5. The van der Waals surface area contributed by atoms with Crippen LogP contribution in [0.5, 0.6) is 0 Å². The fourth-order valence-electron chi connectivity index (χ4n) is 2.22. The molecule has 0 bridgehead atoms. The quantitative estimate of drug-likeness (QED) is 0.552. The summed E-state index contributed by atoms with van der Waals surface area (Å²) in [5, 5.41) is 3.26. The van der Waals surface area contributed by atoms with Crippen molar-refractivity contribution in [2.24, 2.45) is 0 Å². The Bertz CT molecular complexity index is 847. The topological polar surface area (TPSA) is 25.2 Å². The molecule has 0 atom stereocenters. The molecule has 0 saturated carbocycles. The minimum atomic E-state index is -0.428. The molecule has 1 N–H and O–H groups in total. The zero-order valence-electron chi connectivity index (χ0n) is 12.4. The minimum absolute atomic E-state index is 0.0977. The van der Waals surface area contributed by atoms with Gasteiger partial charge in [-0.15, -0.1) is 0 Å². The van der Waals surface area contributed by atoms with E-state index in [1.807, 2.05) is 31.2 Å². The van der Waals surface area contributed by atoms with Crippen molar-refractivity contribution in [2.45, 2.75) is 13.5 Å². The van der Waals surface area contributed by atoms with Crippen LogP contribution in [0.4, 0.5) is 10.1 Å². The molecule has 0 saturated heterocycles. The normalized spacial score (nSPS) is 10.8. The predicted octanol–water partition coefficient (Wildman–Crippen LogP) is 6.42. The van der Waals surface area contributed by atoms with Crippen molar-refractivity contribution in [1.82, 2.24) is 0 Å². The Labute approximate surface area is 147 Å². The first-order valence-electron chi connectivity index (χ1n) is 7.07. The molecule has 23 heavy (non-hydrogen) atoms. The van der Waals surface area contributed by atoms with Crippen molar-refractivity contribution in [3.05, 3.63) is 75.2 Å². The van der Waals surface area contributed by atoms with E-state index >= 15 is 0 Å². The van der Waals surface area contributed by atoms with Gasteiger partial charge in [0.1, 0.15) is 17.3 Å². The fourth-order valence-corrected chi connectivity index (χ4v) is 2.65. The lowest BCUT2D eigenvalue weighted by atomic mass is 10.1. The molecule has 0 aliphatic carbocycles. The second-order valence-corrected chi connectivity index (χ2v) is 6.47. The van der Waals surface area contributed by atoms with Gasteiger partial charge in [-0.2, -0.15) is 0 Å². The maximum absolute atomic E-state index is 13.1. The van der Waals surface area contributed by atoms with Crippen LogP contribution >= 0.6 is 27.5 Å². The largest absolute Gasteiger partial charge is 0.459 e. The van der Waals surface area contributed by atoms with E-state index in [2.05, 4.69) is 27.3 Å². The van der Waals surface area contributed by atoms with Gasteiger partial charge in [0.15, 0.2) is 0 Å². The van der Waals surface area contributed by atoms with Gasteiger partial charge < -0.3 is 9.73 Å². The lowest BCUT2D eigenvalue weighted by Crippen LogP contribution is -1.98. The third kappa shape index (κ3) is 3.77. The second kappa shape index (κ2) is 6.77. The fraction of sp³-hybridized carbons (Fsp3) is 0.111. The van der Waals surface area contributed by atoms with Crippen LogP contribution in [0.15, 0.2) is 57.4 Å². The summed E-state index contributed by atoms with van der Waals surface area (Å²) < 4.78 is 20.1. The van der Waals surface area contributed by atoms with Gasteiger partial charge >= 0.3 is 0 Å². The Morgan fingerprint density at radius 2 is 1.96 bits per heavy atom. The smallest absolute Gasteiger partial charge is 0.141 e. The van der Waals surface area contributed by atoms with Crippen molar-refractivity contribution >= 4 is 33.2 Å². The Morgan fingerprint density at radius 3 is 2.70 bits per heavy atom. The van der Waals surface area contributed by atoms with Crippen molar-refractivity contribution in [1.29, 1.82) is 0 Å². The number of aryl methyl sites for hydroxylation is 1. The minimum Gasteiger partial charge on any atom is -0.459 e. The maximum atomic E-state index is 13.1. The van der Waals surface area contributed by atoms with Crippen LogP contribution in [-0.4, -0.2) is 0 Å². The first-order valence-corrected chi connectivity index (χ1v) is 8.24. The van der Waals surface area contributed by atoms with Gasteiger partial charge in [-0.3, -0.25) is 0 Å². The molecular weight excluding hydrogens is 381 g/mol. The Balaban J connectivity index is 1.71. The van der Waals surface area contributed by atoms with E-state index in [1.54, 1.807) is 12.1 Å². The summed E-state index contributed by atoms with van der Waals surface area (Å²) in [5.74, 6) is 1.18. The molecule has 0 aliphatic heterocycles. The average Bonchev–Trinajstić information content (AvgIpc) is 3.00. The van der Waals surface area contributed by atoms with Gasteiger partial charge in [0.25, 0.3) is 0 Å². The highest BCUT2D eigenvalue weighted by molar-refractivity contribution is 9.10. The van der Waals surface area contributed by atoms with E-state index in [1.165, 1.54) is 6.07 Å². The molecule has 118 valence electrons. The number of nitrogens with one attached hydrogen (secondary N) is 1. The Kier molecular flexibility index (Phi) is 4.74. The molecule has 0 fully saturated rings. The van der Waals surface area contributed by atoms with Crippen LogP contribution < -0.4 is 5.32 Å². The third-order valence-corrected chi connectivity index (χ3v) is 4.67. The molecule has 0 spiro atoms. The summed E-state index contributed by atoms with van der Waals surface area (Å²) in [7, 11) is 0. The molecule has 0 amide bonds. The monoisotopic (exact) mass is 393 g/mol. The van der Waals surface area contributed by atoms with E-state index < -0.39 is 5.82 Å². The van der Waals surface area contributed by atoms with Crippen molar-refractivity contribution in [3.63, 3.8) is 0 Å². The number of anilines is 1. The van der Waals surface area contributed by atoms with Gasteiger partial charge in [0.05, 0.1) is 11.6 Å². The highest BCUT2D eigenvalue weighted by atomic mass is 79.9. The van der Waals surface area contributed by atoms with Crippen LogP contribution in [0.3, 0.4) is 0 Å². The van der Waals surface area contributed by atoms with Crippen LogP contribution in [0.2, 0.25) is 5.02 Å². The molecule has 5 heteroatoms.